The first-order chi connectivity index (χ1) is 5.18. The van der Waals surface area contributed by atoms with E-state index >= 15 is 0 Å². The first-order valence-corrected chi connectivity index (χ1v) is 5.27. The van der Waals surface area contributed by atoms with E-state index in [1.807, 2.05) is 11.8 Å². The van der Waals surface area contributed by atoms with E-state index in [1.165, 1.54) is 0 Å². The van der Waals surface area contributed by atoms with Gasteiger partial charge in [-0.25, -0.2) is 0 Å². The molecule has 0 aromatic carbocycles. The van der Waals surface area contributed by atoms with Crippen LogP contribution in [0.1, 0.15) is 19.8 Å². The zero-order valence-electron chi connectivity index (χ0n) is 6.75. The molecule has 0 saturated carbocycles. The lowest BCUT2D eigenvalue weighted by molar-refractivity contribution is -0.136. The molecule has 0 amide bonds. The van der Waals surface area contributed by atoms with E-state index < -0.39 is 0 Å². The average Bonchev–Trinajstić information content (AvgIpc) is 1.82. The second-order valence-electron chi connectivity index (χ2n) is 3.80. The first-order valence-electron chi connectivity index (χ1n) is 4.12. The number of fused-ring (bicyclic) bond motifs is 2. The lowest BCUT2D eigenvalue weighted by atomic mass is 9.92. The summed E-state index contributed by atoms with van der Waals surface area (Å²) in [5.41, 5.74) is -0.0365. The summed E-state index contributed by atoms with van der Waals surface area (Å²) < 4.78 is 5.80. The fourth-order valence-electron chi connectivity index (χ4n) is 1.99. The molecule has 2 bridgehead atoms. The summed E-state index contributed by atoms with van der Waals surface area (Å²) in [6, 6.07) is 0. The molecule has 3 atom stereocenters. The Bertz CT molecular complexity index is 158. The molecule has 2 aliphatic rings. The van der Waals surface area contributed by atoms with Crippen molar-refractivity contribution in [2.75, 3.05) is 11.5 Å². The minimum Gasteiger partial charge on any atom is -0.393 e. The van der Waals surface area contributed by atoms with Gasteiger partial charge in [0.2, 0.25) is 0 Å². The van der Waals surface area contributed by atoms with Crippen LogP contribution in [0, 0.1) is 0 Å². The van der Waals surface area contributed by atoms with Gasteiger partial charge in [-0.3, -0.25) is 0 Å². The molecule has 2 heterocycles. The van der Waals surface area contributed by atoms with Gasteiger partial charge in [0.15, 0.2) is 0 Å². The highest BCUT2D eigenvalue weighted by molar-refractivity contribution is 7.99. The second kappa shape index (κ2) is 2.64. The molecule has 64 valence electrons. The number of ether oxygens (including phenoxy) is 1. The van der Waals surface area contributed by atoms with Crippen molar-refractivity contribution in [2.45, 2.75) is 37.6 Å². The van der Waals surface area contributed by atoms with Crippen molar-refractivity contribution in [1.82, 2.24) is 0 Å². The van der Waals surface area contributed by atoms with Crippen molar-refractivity contribution in [1.29, 1.82) is 0 Å². The number of aliphatic hydroxyl groups is 1. The zero-order valence-corrected chi connectivity index (χ0v) is 7.56. The summed E-state index contributed by atoms with van der Waals surface area (Å²) in [6.45, 7) is 2.11. The van der Waals surface area contributed by atoms with E-state index in [0.29, 0.717) is 6.10 Å². The van der Waals surface area contributed by atoms with Gasteiger partial charge in [0.05, 0.1) is 17.8 Å². The van der Waals surface area contributed by atoms with Crippen LogP contribution < -0.4 is 0 Å². The third-order valence-electron chi connectivity index (χ3n) is 2.36. The van der Waals surface area contributed by atoms with Crippen LogP contribution in [0.15, 0.2) is 0 Å². The lowest BCUT2D eigenvalue weighted by Gasteiger charge is -2.44. The van der Waals surface area contributed by atoms with Gasteiger partial charge in [0.25, 0.3) is 0 Å². The normalized spacial score (nSPS) is 50.7. The first kappa shape index (κ1) is 7.90. The largest absolute Gasteiger partial charge is 0.393 e. The van der Waals surface area contributed by atoms with Gasteiger partial charge in [-0.15, -0.1) is 0 Å². The maximum atomic E-state index is 9.49. The number of thioether (sulfide) groups is 1. The fraction of sp³-hybridized carbons (Fsp3) is 1.00. The molecule has 3 unspecified atom stereocenters. The highest BCUT2D eigenvalue weighted by Crippen LogP contribution is 2.37. The summed E-state index contributed by atoms with van der Waals surface area (Å²) in [4.78, 5) is 0. The van der Waals surface area contributed by atoms with E-state index in [4.69, 9.17) is 4.74 Å². The molecule has 11 heavy (non-hydrogen) atoms. The Morgan fingerprint density at radius 3 is 3.18 bits per heavy atom. The number of rotatable bonds is 0. The maximum absolute atomic E-state index is 9.49. The van der Waals surface area contributed by atoms with Gasteiger partial charge >= 0.3 is 0 Å². The Labute approximate surface area is 71.3 Å². The van der Waals surface area contributed by atoms with Gasteiger partial charge in [-0.1, -0.05) is 0 Å². The molecule has 2 nitrogen and oxygen atoms in total. The van der Waals surface area contributed by atoms with Crippen molar-refractivity contribution in [2.24, 2.45) is 0 Å². The Hall–Kier alpha value is 0.270. The summed E-state index contributed by atoms with van der Waals surface area (Å²) in [6.07, 6.45) is 1.83. The Kier molecular flexibility index (Phi) is 1.90. The van der Waals surface area contributed by atoms with Gasteiger partial charge in [0.1, 0.15) is 0 Å². The third-order valence-corrected chi connectivity index (χ3v) is 3.79. The number of aliphatic hydroxyl groups excluding tert-OH is 1. The van der Waals surface area contributed by atoms with Crippen LogP contribution in [0.5, 0.6) is 0 Å². The van der Waals surface area contributed by atoms with Crippen molar-refractivity contribution in [3.05, 3.63) is 0 Å². The smallest absolute Gasteiger partial charge is 0.0773 e. The van der Waals surface area contributed by atoms with Crippen LogP contribution >= 0.6 is 11.8 Å². The van der Waals surface area contributed by atoms with Gasteiger partial charge in [0, 0.05) is 24.3 Å². The molecule has 3 heteroatoms. The van der Waals surface area contributed by atoms with Crippen LogP contribution in [0.25, 0.3) is 0 Å². The SMILES string of the molecule is CC12CSCC(CC(O)C1)O2. The summed E-state index contributed by atoms with van der Waals surface area (Å²) in [5.74, 6) is 2.10. The van der Waals surface area contributed by atoms with E-state index in [1.54, 1.807) is 0 Å². The Balaban J connectivity index is 2.09. The number of hydrogen-bond donors (Lipinski definition) is 1. The van der Waals surface area contributed by atoms with Crippen LogP contribution in [0.2, 0.25) is 0 Å². The fourth-order valence-corrected chi connectivity index (χ4v) is 3.19. The van der Waals surface area contributed by atoms with E-state index in [-0.39, 0.29) is 11.7 Å². The molecule has 0 radical (unpaired) electrons. The molecular weight excluding hydrogens is 160 g/mol. The highest BCUT2D eigenvalue weighted by atomic mass is 32.2. The predicted octanol–water partition coefficient (Wildman–Crippen LogP) is 1.03. The highest BCUT2D eigenvalue weighted by Gasteiger charge is 2.40. The quantitative estimate of drug-likeness (QED) is 0.595. The lowest BCUT2D eigenvalue weighted by Crippen LogP contribution is -2.49. The van der Waals surface area contributed by atoms with Crippen molar-refractivity contribution >= 4 is 11.8 Å². The van der Waals surface area contributed by atoms with E-state index in [2.05, 4.69) is 6.92 Å². The third kappa shape index (κ3) is 1.55. The molecule has 1 N–H and O–H groups in total. The minimum absolute atomic E-state index is 0.0365. The van der Waals surface area contributed by atoms with Gasteiger partial charge in [-0.05, 0) is 6.92 Å². The van der Waals surface area contributed by atoms with Crippen molar-refractivity contribution in [3.8, 4) is 0 Å². The van der Waals surface area contributed by atoms with Gasteiger partial charge < -0.3 is 9.84 Å². The predicted molar refractivity (Wildman–Crippen MR) is 45.8 cm³/mol. The molecule has 2 aliphatic heterocycles. The van der Waals surface area contributed by atoms with Crippen LogP contribution in [-0.4, -0.2) is 34.4 Å². The Morgan fingerprint density at radius 1 is 1.64 bits per heavy atom. The summed E-state index contributed by atoms with van der Waals surface area (Å²) >= 11 is 1.95. The average molecular weight is 174 g/mol. The standard InChI is InChI=1S/C8H14O2S/c1-8-3-6(9)2-7(10-8)4-11-5-8/h6-7,9H,2-5H2,1H3. The molecule has 2 saturated heterocycles. The molecule has 2 rings (SSSR count). The maximum Gasteiger partial charge on any atom is 0.0773 e. The Morgan fingerprint density at radius 2 is 2.45 bits per heavy atom. The minimum atomic E-state index is -0.125. The zero-order chi connectivity index (χ0) is 7.90. The number of hydrogen-bond acceptors (Lipinski definition) is 3. The molecular formula is C8H14O2S. The molecule has 0 spiro atoms. The van der Waals surface area contributed by atoms with Crippen molar-refractivity contribution in [3.63, 3.8) is 0 Å². The van der Waals surface area contributed by atoms with Crippen LogP contribution in [-0.2, 0) is 4.74 Å². The van der Waals surface area contributed by atoms with Gasteiger partial charge in [-0.2, -0.15) is 11.8 Å². The van der Waals surface area contributed by atoms with E-state index in [9.17, 15) is 5.11 Å². The summed E-state index contributed by atoms with van der Waals surface area (Å²) in [5, 5.41) is 9.49. The summed E-state index contributed by atoms with van der Waals surface area (Å²) in [7, 11) is 0. The molecule has 0 aromatic rings. The van der Waals surface area contributed by atoms with Crippen LogP contribution in [0.3, 0.4) is 0 Å². The molecule has 0 aliphatic carbocycles. The van der Waals surface area contributed by atoms with Crippen molar-refractivity contribution < 1.29 is 9.84 Å². The van der Waals surface area contributed by atoms with Crippen LogP contribution in [0.4, 0.5) is 0 Å². The van der Waals surface area contributed by atoms with E-state index in [0.717, 1.165) is 24.3 Å². The second-order valence-corrected chi connectivity index (χ2v) is 4.83. The topological polar surface area (TPSA) is 29.5 Å². The molecule has 0 aromatic heterocycles. The molecule has 2 fully saturated rings. The monoisotopic (exact) mass is 174 g/mol.